The van der Waals surface area contributed by atoms with Gasteiger partial charge in [-0.3, -0.25) is 4.99 Å². The maximum absolute atomic E-state index is 5.23. The van der Waals surface area contributed by atoms with Crippen LogP contribution in [0.4, 0.5) is 0 Å². The number of halogens is 1. The number of aryl methyl sites for hydroxylation is 2. The lowest BCUT2D eigenvalue weighted by Gasteiger charge is -2.32. The summed E-state index contributed by atoms with van der Waals surface area (Å²) in [5.74, 6) is 3.61. The van der Waals surface area contributed by atoms with Crippen molar-refractivity contribution < 1.29 is 4.52 Å². The fraction of sp³-hybridized carbons (Fsp3) is 0.800. The van der Waals surface area contributed by atoms with Crippen LogP contribution in [0.15, 0.2) is 9.52 Å². The van der Waals surface area contributed by atoms with Crippen molar-refractivity contribution in [2.24, 2.45) is 16.8 Å². The number of aliphatic imine (C=N–C) groups is 1. The third kappa shape index (κ3) is 7.08. The van der Waals surface area contributed by atoms with Crippen LogP contribution < -0.4 is 10.6 Å². The standard InChI is InChI=1S/C20H36N4O.HI/c1-6-21-20(23-18-11-9-17(10-12-18)14(2)3)22-13-7-8-19-15(4)24-25-16(19)5;/h14,17-18H,6-13H2,1-5H3,(H2,21,22,23);1H. The second kappa shape index (κ2) is 11.8. The molecule has 26 heavy (non-hydrogen) atoms. The van der Waals surface area contributed by atoms with E-state index >= 15 is 0 Å². The quantitative estimate of drug-likeness (QED) is 0.261. The summed E-state index contributed by atoms with van der Waals surface area (Å²) in [5.41, 5.74) is 2.24. The molecule has 0 unspecified atom stereocenters. The van der Waals surface area contributed by atoms with E-state index in [1.165, 1.54) is 31.2 Å². The Morgan fingerprint density at radius 2 is 1.92 bits per heavy atom. The fourth-order valence-corrected chi connectivity index (χ4v) is 3.75. The Kier molecular flexibility index (Phi) is 10.6. The van der Waals surface area contributed by atoms with Crippen molar-refractivity contribution >= 4 is 29.9 Å². The van der Waals surface area contributed by atoms with Gasteiger partial charge in [-0.05, 0) is 71.1 Å². The molecule has 1 aliphatic rings. The highest BCUT2D eigenvalue weighted by Crippen LogP contribution is 2.29. The number of rotatable bonds is 7. The second-order valence-corrected chi connectivity index (χ2v) is 7.67. The zero-order valence-corrected chi connectivity index (χ0v) is 19.4. The monoisotopic (exact) mass is 476 g/mol. The molecule has 0 aromatic carbocycles. The zero-order chi connectivity index (χ0) is 18.2. The lowest BCUT2D eigenvalue weighted by Crippen LogP contribution is -2.45. The molecule has 0 radical (unpaired) electrons. The molecule has 0 atom stereocenters. The Morgan fingerprint density at radius 1 is 1.23 bits per heavy atom. The van der Waals surface area contributed by atoms with E-state index in [9.17, 15) is 0 Å². The van der Waals surface area contributed by atoms with Gasteiger partial charge in [-0.1, -0.05) is 19.0 Å². The molecule has 1 aliphatic carbocycles. The highest BCUT2D eigenvalue weighted by Gasteiger charge is 2.23. The molecule has 0 aliphatic heterocycles. The molecule has 0 bridgehead atoms. The number of hydrogen-bond donors (Lipinski definition) is 2. The molecule has 1 heterocycles. The largest absolute Gasteiger partial charge is 0.361 e. The van der Waals surface area contributed by atoms with Gasteiger partial charge < -0.3 is 15.2 Å². The molecule has 5 nitrogen and oxygen atoms in total. The first kappa shape index (κ1) is 23.2. The molecule has 2 N–H and O–H groups in total. The predicted octanol–water partition coefficient (Wildman–Crippen LogP) is 4.61. The first-order chi connectivity index (χ1) is 12.0. The normalized spacial score (nSPS) is 20.8. The number of nitrogens with zero attached hydrogens (tertiary/aromatic N) is 2. The van der Waals surface area contributed by atoms with Crippen LogP contribution in [0.5, 0.6) is 0 Å². The maximum Gasteiger partial charge on any atom is 0.191 e. The van der Waals surface area contributed by atoms with Crippen LogP contribution in [-0.2, 0) is 6.42 Å². The van der Waals surface area contributed by atoms with Crippen LogP contribution >= 0.6 is 24.0 Å². The van der Waals surface area contributed by atoms with E-state index in [-0.39, 0.29) is 24.0 Å². The van der Waals surface area contributed by atoms with E-state index in [0.717, 1.165) is 55.2 Å². The predicted molar refractivity (Wildman–Crippen MR) is 119 cm³/mol. The van der Waals surface area contributed by atoms with Crippen molar-refractivity contribution in [2.75, 3.05) is 13.1 Å². The number of nitrogens with one attached hydrogen (secondary N) is 2. The molecule has 0 spiro atoms. The molecule has 1 aromatic heterocycles. The summed E-state index contributed by atoms with van der Waals surface area (Å²) in [7, 11) is 0. The van der Waals surface area contributed by atoms with E-state index in [0.29, 0.717) is 6.04 Å². The van der Waals surface area contributed by atoms with Crippen LogP contribution in [-0.4, -0.2) is 30.2 Å². The SMILES string of the molecule is CCNC(=NCCCc1c(C)noc1C)NC1CCC(C(C)C)CC1.I. The molecule has 6 heteroatoms. The number of aromatic nitrogens is 1. The highest BCUT2D eigenvalue weighted by molar-refractivity contribution is 14.0. The Labute approximate surface area is 176 Å². The van der Waals surface area contributed by atoms with Crippen molar-refractivity contribution in [3.8, 4) is 0 Å². The molecule has 150 valence electrons. The number of guanidine groups is 1. The molecule has 0 saturated heterocycles. The van der Waals surface area contributed by atoms with Crippen molar-refractivity contribution in [1.29, 1.82) is 0 Å². The molecule has 1 fully saturated rings. The molecule has 1 saturated carbocycles. The minimum atomic E-state index is 0. The smallest absolute Gasteiger partial charge is 0.191 e. The third-order valence-electron chi connectivity index (χ3n) is 5.44. The van der Waals surface area contributed by atoms with Crippen LogP contribution in [0.3, 0.4) is 0 Å². The topological polar surface area (TPSA) is 62.5 Å². The van der Waals surface area contributed by atoms with E-state index in [2.05, 4.69) is 36.6 Å². The van der Waals surface area contributed by atoms with E-state index in [1.54, 1.807) is 0 Å². The van der Waals surface area contributed by atoms with Crippen molar-refractivity contribution in [3.05, 3.63) is 17.0 Å². The first-order valence-electron chi connectivity index (χ1n) is 9.97. The Bertz CT molecular complexity index is 529. The van der Waals surface area contributed by atoms with Gasteiger partial charge in [-0.2, -0.15) is 0 Å². The van der Waals surface area contributed by atoms with Gasteiger partial charge in [0.2, 0.25) is 0 Å². The van der Waals surface area contributed by atoms with Crippen LogP contribution in [0, 0.1) is 25.7 Å². The molecular weight excluding hydrogens is 439 g/mol. The van der Waals surface area contributed by atoms with Crippen molar-refractivity contribution in [2.45, 2.75) is 79.2 Å². The van der Waals surface area contributed by atoms with Gasteiger partial charge >= 0.3 is 0 Å². The molecule has 0 amide bonds. The summed E-state index contributed by atoms with van der Waals surface area (Å²) in [5, 5.41) is 11.0. The zero-order valence-electron chi connectivity index (χ0n) is 17.1. The second-order valence-electron chi connectivity index (χ2n) is 7.67. The summed E-state index contributed by atoms with van der Waals surface area (Å²) < 4.78 is 5.23. The Balaban J connectivity index is 0.00000338. The lowest BCUT2D eigenvalue weighted by atomic mass is 9.80. The number of hydrogen-bond acceptors (Lipinski definition) is 3. The Morgan fingerprint density at radius 3 is 2.46 bits per heavy atom. The third-order valence-corrected chi connectivity index (χ3v) is 5.44. The molecular formula is C20H37IN4O. The van der Waals surface area contributed by atoms with E-state index in [1.807, 2.05) is 13.8 Å². The lowest BCUT2D eigenvalue weighted by molar-refractivity contribution is 0.250. The van der Waals surface area contributed by atoms with Gasteiger partial charge in [0.05, 0.1) is 5.69 Å². The van der Waals surface area contributed by atoms with Gasteiger partial charge in [-0.25, -0.2) is 0 Å². The van der Waals surface area contributed by atoms with Gasteiger partial charge in [0, 0.05) is 24.7 Å². The summed E-state index contributed by atoms with van der Waals surface area (Å²) in [6.45, 7) is 12.5. The van der Waals surface area contributed by atoms with Crippen molar-refractivity contribution in [1.82, 2.24) is 15.8 Å². The van der Waals surface area contributed by atoms with Crippen LogP contribution in [0.1, 0.15) is 69.9 Å². The van der Waals surface area contributed by atoms with Gasteiger partial charge in [-0.15, -0.1) is 24.0 Å². The van der Waals surface area contributed by atoms with Gasteiger partial charge in [0.25, 0.3) is 0 Å². The van der Waals surface area contributed by atoms with Gasteiger partial charge in [0.15, 0.2) is 5.96 Å². The average molecular weight is 476 g/mol. The molecule has 2 rings (SSSR count). The van der Waals surface area contributed by atoms with Crippen LogP contribution in [0.25, 0.3) is 0 Å². The average Bonchev–Trinajstić information content (AvgIpc) is 2.91. The first-order valence-corrected chi connectivity index (χ1v) is 9.97. The minimum absolute atomic E-state index is 0. The maximum atomic E-state index is 5.23. The van der Waals surface area contributed by atoms with Gasteiger partial charge in [0.1, 0.15) is 5.76 Å². The van der Waals surface area contributed by atoms with E-state index < -0.39 is 0 Å². The molecule has 1 aromatic rings. The summed E-state index contributed by atoms with van der Waals surface area (Å²) in [4.78, 5) is 4.76. The summed E-state index contributed by atoms with van der Waals surface area (Å²) in [6.07, 6.45) is 7.17. The minimum Gasteiger partial charge on any atom is -0.361 e. The van der Waals surface area contributed by atoms with E-state index in [4.69, 9.17) is 9.52 Å². The fourth-order valence-electron chi connectivity index (χ4n) is 3.75. The van der Waals surface area contributed by atoms with Crippen molar-refractivity contribution in [3.63, 3.8) is 0 Å². The van der Waals surface area contributed by atoms with Crippen LogP contribution in [0.2, 0.25) is 0 Å². The summed E-state index contributed by atoms with van der Waals surface area (Å²) >= 11 is 0. The Hall–Kier alpha value is -0.790. The highest BCUT2D eigenvalue weighted by atomic mass is 127. The summed E-state index contributed by atoms with van der Waals surface area (Å²) in [6, 6.07) is 0.565.